The Labute approximate surface area is 120 Å². The number of hydrogen-bond acceptors (Lipinski definition) is 5. The van der Waals surface area contributed by atoms with Crippen LogP contribution in [0.2, 0.25) is 0 Å². The van der Waals surface area contributed by atoms with Gasteiger partial charge in [-0.15, -0.1) is 0 Å². The molecule has 1 unspecified atom stereocenters. The number of hydrogen-bond donors (Lipinski definition) is 2. The summed E-state index contributed by atoms with van der Waals surface area (Å²) in [6.45, 7) is 3.52. The first-order chi connectivity index (χ1) is 9.44. The smallest absolute Gasteiger partial charge is 0.240 e. The Balaban J connectivity index is 2.24. The molecule has 2 rings (SSSR count). The standard InChI is InChI=1S/C13H21N3O3S/c1-10-9-16(2)12-8-11(4-5-13(12)19-10)20(17,18)15-7-3-6-14/h4-5,8,10,15H,3,6-7,9,14H2,1-2H3. The zero-order valence-electron chi connectivity index (χ0n) is 11.8. The summed E-state index contributed by atoms with van der Waals surface area (Å²) in [4.78, 5) is 2.25. The molecule has 1 heterocycles. The van der Waals surface area contributed by atoms with E-state index in [1.54, 1.807) is 18.2 Å². The number of nitrogens with two attached hydrogens (primary N) is 1. The zero-order chi connectivity index (χ0) is 14.8. The molecule has 7 heteroatoms. The quantitative estimate of drug-likeness (QED) is 0.775. The van der Waals surface area contributed by atoms with Gasteiger partial charge in [0.05, 0.1) is 17.1 Å². The summed E-state index contributed by atoms with van der Waals surface area (Å²) in [5.74, 6) is 0.715. The third kappa shape index (κ3) is 3.23. The summed E-state index contributed by atoms with van der Waals surface area (Å²) in [5.41, 5.74) is 6.16. The lowest BCUT2D eigenvalue weighted by Crippen LogP contribution is -2.36. The van der Waals surface area contributed by atoms with Gasteiger partial charge < -0.3 is 15.4 Å². The molecule has 0 saturated carbocycles. The van der Waals surface area contributed by atoms with E-state index in [1.807, 2.05) is 18.9 Å². The molecule has 0 spiro atoms. The van der Waals surface area contributed by atoms with Crippen LogP contribution in [0.1, 0.15) is 13.3 Å². The Morgan fingerprint density at radius 3 is 2.95 bits per heavy atom. The highest BCUT2D eigenvalue weighted by atomic mass is 32.2. The summed E-state index contributed by atoms with van der Waals surface area (Å²) in [6, 6.07) is 4.92. The molecule has 0 bridgehead atoms. The number of likely N-dealkylation sites (N-methyl/N-ethyl adjacent to an activating group) is 1. The van der Waals surface area contributed by atoms with Crippen molar-refractivity contribution in [1.82, 2.24) is 4.72 Å². The van der Waals surface area contributed by atoms with Crippen LogP contribution in [0.25, 0.3) is 0 Å². The second-order valence-corrected chi connectivity index (χ2v) is 6.75. The van der Waals surface area contributed by atoms with Gasteiger partial charge in [-0.2, -0.15) is 0 Å². The molecule has 1 atom stereocenters. The van der Waals surface area contributed by atoms with Crippen molar-refractivity contribution in [3.63, 3.8) is 0 Å². The molecule has 1 aromatic carbocycles. The molecule has 0 aromatic heterocycles. The summed E-state index contributed by atoms with van der Waals surface area (Å²) in [7, 11) is -1.56. The topological polar surface area (TPSA) is 84.7 Å². The number of fused-ring (bicyclic) bond motifs is 1. The van der Waals surface area contributed by atoms with Gasteiger partial charge in [-0.05, 0) is 38.1 Å². The molecular formula is C13H21N3O3S. The summed E-state index contributed by atoms with van der Waals surface area (Å²) in [5, 5.41) is 0. The van der Waals surface area contributed by atoms with E-state index in [9.17, 15) is 8.42 Å². The molecular weight excluding hydrogens is 278 g/mol. The van der Waals surface area contributed by atoms with Gasteiger partial charge in [0.1, 0.15) is 11.9 Å². The van der Waals surface area contributed by atoms with Crippen molar-refractivity contribution in [2.75, 3.05) is 31.6 Å². The monoisotopic (exact) mass is 299 g/mol. The minimum atomic E-state index is -3.49. The molecule has 6 nitrogen and oxygen atoms in total. The van der Waals surface area contributed by atoms with Gasteiger partial charge in [-0.25, -0.2) is 13.1 Å². The number of benzene rings is 1. The Hall–Kier alpha value is -1.31. The normalized spacial score (nSPS) is 18.6. The van der Waals surface area contributed by atoms with Crippen molar-refractivity contribution < 1.29 is 13.2 Å². The Morgan fingerprint density at radius 2 is 2.25 bits per heavy atom. The third-order valence-corrected chi connectivity index (χ3v) is 4.64. The number of ether oxygens (including phenoxy) is 1. The maximum absolute atomic E-state index is 12.2. The third-order valence-electron chi connectivity index (χ3n) is 3.18. The second kappa shape index (κ2) is 5.99. The average Bonchev–Trinajstić information content (AvgIpc) is 2.38. The number of rotatable bonds is 5. The van der Waals surface area contributed by atoms with Crippen molar-refractivity contribution in [3.05, 3.63) is 18.2 Å². The van der Waals surface area contributed by atoms with Crippen molar-refractivity contribution in [2.45, 2.75) is 24.3 Å². The predicted molar refractivity (Wildman–Crippen MR) is 78.7 cm³/mol. The van der Waals surface area contributed by atoms with E-state index >= 15 is 0 Å². The molecule has 1 aliphatic heterocycles. The van der Waals surface area contributed by atoms with Crippen LogP contribution in [-0.4, -0.2) is 41.2 Å². The first-order valence-electron chi connectivity index (χ1n) is 6.65. The van der Waals surface area contributed by atoms with E-state index < -0.39 is 10.0 Å². The number of anilines is 1. The lowest BCUT2D eigenvalue weighted by molar-refractivity contribution is 0.215. The van der Waals surface area contributed by atoms with Gasteiger partial charge in [0, 0.05) is 13.6 Å². The van der Waals surface area contributed by atoms with Gasteiger partial charge in [0.2, 0.25) is 10.0 Å². The van der Waals surface area contributed by atoms with Gasteiger partial charge in [-0.3, -0.25) is 0 Å². The van der Waals surface area contributed by atoms with E-state index in [-0.39, 0.29) is 11.0 Å². The molecule has 0 fully saturated rings. The van der Waals surface area contributed by atoms with E-state index in [1.165, 1.54) is 0 Å². The van der Waals surface area contributed by atoms with Crippen LogP contribution in [0.15, 0.2) is 23.1 Å². The highest BCUT2D eigenvalue weighted by molar-refractivity contribution is 7.89. The first-order valence-corrected chi connectivity index (χ1v) is 8.14. The molecule has 1 aliphatic rings. The fourth-order valence-electron chi connectivity index (χ4n) is 2.19. The van der Waals surface area contributed by atoms with E-state index in [4.69, 9.17) is 10.5 Å². The molecule has 112 valence electrons. The molecule has 0 aliphatic carbocycles. The van der Waals surface area contributed by atoms with Gasteiger partial charge in [0.15, 0.2) is 0 Å². The van der Waals surface area contributed by atoms with Crippen LogP contribution in [0.3, 0.4) is 0 Å². The summed E-state index contributed by atoms with van der Waals surface area (Å²) >= 11 is 0. The highest BCUT2D eigenvalue weighted by Crippen LogP contribution is 2.34. The minimum absolute atomic E-state index is 0.0950. The SMILES string of the molecule is CC1CN(C)c2cc(S(=O)(=O)NCCCN)ccc2O1. The second-order valence-electron chi connectivity index (χ2n) is 4.98. The number of nitrogens with zero attached hydrogens (tertiary/aromatic N) is 1. The van der Waals surface area contributed by atoms with Crippen LogP contribution >= 0.6 is 0 Å². The average molecular weight is 299 g/mol. The zero-order valence-corrected chi connectivity index (χ0v) is 12.6. The number of nitrogens with one attached hydrogen (secondary N) is 1. The van der Waals surface area contributed by atoms with Crippen molar-refractivity contribution in [3.8, 4) is 5.75 Å². The van der Waals surface area contributed by atoms with Gasteiger partial charge in [-0.1, -0.05) is 0 Å². The van der Waals surface area contributed by atoms with Crippen LogP contribution in [-0.2, 0) is 10.0 Å². The Morgan fingerprint density at radius 1 is 1.50 bits per heavy atom. The molecule has 20 heavy (non-hydrogen) atoms. The van der Waals surface area contributed by atoms with Crippen LogP contribution in [0.5, 0.6) is 5.75 Å². The Kier molecular flexibility index (Phi) is 4.52. The summed E-state index contributed by atoms with van der Waals surface area (Å²) < 4.78 is 32.5. The van der Waals surface area contributed by atoms with Gasteiger partial charge in [0.25, 0.3) is 0 Å². The molecule has 1 aromatic rings. The van der Waals surface area contributed by atoms with E-state index in [0.717, 1.165) is 12.2 Å². The molecule has 0 radical (unpaired) electrons. The highest BCUT2D eigenvalue weighted by Gasteiger charge is 2.23. The minimum Gasteiger partial charge on any atom is -0.487 e. The predicted octanol–water partition coefficient (Wildman–Crippen LogP) is 0.531. The molecule has 3 N–H and O–H groups in total. The maximum atomic E-state index is 12.2. The van der Waals surface area contributed by atoms with Crippen LogP contribution < -0.4 is 20.1 Å². The van der Waals surface area contributed by atoms with Crippen molar-refractivity contribution in [2.24, 2.45) is 5.73 Å². The maximum Gasteiger partial charge on any atom is 0.240 e. The Bertz CT molecular complexity index is 574. The molecule has 0 amide bonds. The van der Waals surface area contributed by atoms with Crippen molar-refractivity contribution in [1.29, 1.82) is 0 Å². The van der Waals surface area contributed by atoms with E-state index in [2.05, 4.69) is 4.72 Å². The van der Waals surface area contributed by atoms with E-state index in [0.29, 0.717) is 25.3 Å². The largest absolute Gasteiger partial charge is 0.487 e. The van der Waals surface area contributed by atoms with Crippen molar-refractivity contribution >= 4 is 15.7 Å². The van der Waals surface area contributed by atoms with Crippen LogP contribution in [0.4, 0.5) is 5.69 Å². The lowest BCUT2D eigenvalue weighted by atomic mass is 10.2. The fraction of sp³-hybridized carbons (Fsp3) is 0.538. The van der Waals surface area contributed by atoms with Gasteiger partial charge >= 0.3 is 0 Å². The lowest BCUT2D eigenvalue weighted by Gasteiger charge is -2.32. The summed E-state index contributed by atoms with van der Waals surface area (Å²) in [6.07, 6.45) is 0.711. The molecule has 0 saturated heterocycles. The first kappa shape index (κ1) is 15.1. The fourth-order valence-corrected chi connectivity index (χ4v) is 3.29. The number of sulfonamides is 1. The van der Waals surface area contributed by atoms with Crippen LogP contribution in [0, 0.1) is 0 Å².